The van der Waals surface area contributed by atoms with Gasteiger partial charge in [-0.3, -0.25) is 4.79 Å². The van der Waals surface area contributed by atoms with Crippen LogP contribution in [0.25, 0.3) is 0 Å². The van der Waals surface area contributed by atoms with Crippen LogP contribution in [0.5, 0.6) is 0 Å². The van der Waals surface area contributed by atoms with Crippen molar-refractivity contribution < 1.29 is 4.79 Å². The Morgan fingerprint density at radius 3 is 2.73 bits per heavy atom. The summed E-state index contributed by atoms with van der Waals surface area (Å²) in [6, 6.07) is 7.75. The van der Waals surface area contributed by atoms with Crippen LogP contribution in [-0.2, 0) is 18.3 Å². The zero-order valence-electron chi connectivity index (χ0n) is 13.5. The number of aromatic nitrogens is 3. The normalized spacial score (nSPS) is 11.0. The van der Waals surface area contributed by atoms with Gasteiger partial charge in [0.1, 0.15) is 5.82 Å². The smallest absolute Gasteiger partial charge is 0.234 e. The van der Waals surface area contributed by atoms with E-state index in [0.29, 0.717) is 11.7 Å². The fourth-order valence-corrected chi connectivity index (χ4v) is 2.77. The summed E-state index contributed by atoms with van der Waals surface area (Å²) in [5, 5.41) is 12.0. The predicted octanol–water partition coefficient (Wildman–Crippen LogP) is 3.05. The Kier molecular flexibility index (Phi) is 5.60. The Hall–Kier alpha value is -1.82. The van der Waals surface area contributed by atoms with E-state index in [1.54, 1.807) is 0 Å². The molecule has 0 fully saturated rings. The molecule has 1 N–H and O–H groups in total. The molecule has 0 aliphatic carbocycles. The van der Waals surface area contributed by atoms with Crippen LogP contribution >= 0.6 is 11.8 Å². The molecule has 0 radical (unpaired) electrons. The number of thioether (sulfide) groups is 1. The minimum absolute atomic E-state index is 0.0345. The molecule has 5 nitrogen and oxygen atoms in total. The quantitative estimate of drug-likeness (QED) is 0.832. The van der Waals surface area contributed by atoms with Crippen molar-refractivity contribution in [2.45, 2.75) is 32.3 Å². The van der Waals surface area contributed by atoms with Crippen molar-refractivity contribution in [3.05, 3.63) is 35.7 Å². The van der Waals surface area contributed by atoms with Crippen LogP contribution in [0.2, 0.25) is 0 Å². The van der Waals surface area contributed by atoms with E-state index >= 15 is 0 Å². The van der Waals surface area contributed by atoms with Gasteiger partial charge in [0.25, 0.3) is 0 Å². The fraction of sp³-hybridized carbons (Fsp3) is 0.438. The number of rotatable bonds is 6. The van der Waals surface area contributed by atoms with Gasteiger partial charge >= 0.3 is 0 Å². The zero-order valence-corrected chi connectivity index (χ0v) is 14.3. The van der Waals surface area contributed by atoms with Gasteiger partial charge in [-0.25, -0.2) is 0 Å². The summed E-state index contributed by atoms with van der Waals surface area (Å²) in [4.78, 5) is 12.0. The number of carbonyl (C=O) groups excluding carboxylic acids is 1. The number of aryl methyl sites for hydroxylation is 1. The molecule has 0 unspecified atom stereocenters. The van der Waals surface area contributed by atoms with Crippen molar-refractivity contribution in [2.75, 3.05) is 11.1 Å². The molecule has 1 heterocycles. The van der Waals surface area contributed by atoms with E-state index < -0.39 is 0 Å². The van der Waals surface area contributed by atoms with Crippen molar-refractivity contribution in [1.82, 2.24) is 14.8 Å². The Bertz CT molecular complexity index is 651. The summed E-state index contributed by atoms with van der Waals surface area (Å²) in [7, 11) is 1.94. The monoisotopic (exact) mass is 318 g/mol. The van der Waals surface area contributed by atoms with E-state index in [9.17, 15) is 4.79 Å². The topological polar surface area (TPSA) is 59.8 Å². The van der Waals surface area contributed by atoms with Crippen molar-refractivity contribution in [3.8, 4) is 0 Å². The summed E-state index contributed by atoms with van der Waals surface area (Å²) in [6.45, 7) is 6.28. The van der Waals surface area contributed by atoms with Crippen LogP contribution in [0.15, 0.2) is 29.4 Å². The van der Waals surface area contributed by atoms with Gasteiger partial charge in [0, 0.05) is 19.2 Å². The third kappa shape index (κ3) is 4.34. The number of nitrogens with one attached hydrogen (secondary N) is 1. The zero-order chi connectivity index (χ0) is 16.1. The Balaban J connectivity index is 1.92. The minimum atomic E-state index is -0.0345. The first-order valence-electron chi connectivity index (χ1n) is 7.34. The van der Waals surface area contributed by atoms with Crippen molar-refractivity contribution in [1.29, 1.82) is 0 Å². The SMILES string of the molecule is Cc1ccccc1NC(=O)CSc1nnc(CC(C)C)n1C. The second kappa shape index (κ2) is 7.45. The summed E-state index contributed by atoms with van der Waals surface area (Å²) >= 11 is 1.41. The summed E-state index contributed by atoms with van der Waals surface area (Å²) in [6.07, 6.45) is 0.888. The molecule has 2 rings (SSSR count). The Labute approximate surface area is 135 Å². The van der Waals surface area contributed by atoms with Crippen molar-refractivity contribution >= 4 is 23.4 Å². The van der Waals surface area contributed by atoms with E-state index in [1.807, 2.05) is 42.8 Å². The van der Waals surface area contributed by atoms with Crippen LogP contribution in [-0.4, -0.2) is 26.4 Å². The molecule has 6 heteroatoms. The van der Waals surface area contributed by atoms with E-state index in [0.717, 1.165) is 28.7 Å². The largest absolute Gasteiger partial charge is 0.325 e. The van der Waals surface area contributed by atoms with Gasteiger partial charge in [-0.05, 0) is 24.5 Å². The number of carbonyl (C=O) groups is 1. The molecule has 0 atom stereocenters. The molecule has 1 aromatic carbocycles. The van der Waals surface area contributed by atoms with E-state index in [-0.39, 0.29) is 5.91 Å². The lowest BCUT2D eigenvalue weighted by Crippen LogP contribution is -2.15. The van der Waals surface area contributed by atoms with Gasteiger partial charge in [0.2, 0.25) is 5.91 Å². The predicted molar refractivity (Wildman–Crippen MR) is 90.1 cm³/mol. The molecule has 118 valence electrons. The molecule has 0 aliphatic rings. The van der Waals surface area contributed by atoms with Crippen LogP contribution in [0.3, 0.4) is 0 Å². The molecular formula is C16H22N4OS. The van der Waals surface area contributed by atoms with Crippen LogP contribution in [0, 0.1) is 12.8 Å². The van der Waals surface area contributed by atoms with Gasteiger partial charge in [0.05, 0.1) is 5.75 Å². The molecule has 0 saturated heterocycles. The molecule has 22 heavy (non-hydrogen) atoms. The van der Waals surface area contributed by atoms with Gasteiger partial charge < -0.3 is 9.88 Å². The molecular weight excluding hydrogens is 296 g/mol. The third-order valence-corrected chi connectivity index (χ3v) is 4.29. The Morgan fingerprint density at radius 1 is 1.32 bits per heavy atom. The lowest BCUT2D eigenvalue weighted by molar-refractivity contribution is -0.113. The van der Waals surface area contributed by atoms with Gasteiger partial charge in [-0.2, -0.15) is 0 Å². The first kappa shape index (κ1) is 16.5. The molecule has 1 amide bonds. The molecule has 0 saturated carbocycles. The van der Waals surface area contributed by atoms with Gasteiger partial charge in [-0.1, -0.05) is 43.8 Å². The number of hydrogen-bond donors (Lipinski definition) is 1. The average Bonchev–Trinajstić information content (AvgIpc) is 2.80. The maximum atomic E-state index is 12.0. The highest BCUT2D eigenvalue weighted by molar-refractivity contribution is 7.99. The number of amides is 1. The second-order valence-corrected chi connectivity index (χ2v) is 6.65. The number of nitrogens with zero attached hydrogens (tertiary/aromatic N) is 3. The lowest BCUT2D eigenvalue weighted by atomic mass is 10.1. The average molecular weight is 318 g/mol. The maximum absolute atomic E-state index is 12.0. The summed E-state index contributed by atoms with van der Waals surface area (Å²) in [5.41, 5.74) is 1.91. The van der Waals surface area contributed by atoms with Crippen LogP contribution in [0.4, 0.5) is 5.69 Å². The van der Waals surface area contributed by atoms with E-state index in [2.05, 4.69) is 29.4 Å². The summed E-state index contributed by atoms with van der Waals surface area (Å²) in [5.74, 6) is 1.77. The van der Waals surface area contributed by atoms with Crippen molar-refractivity contribution in [2.24, 2.45) is 13.0 Å². The maximum Gasteiger partial charge on any atom is 0.234 e. The van der Waals surface area contributed by atoms with E-state index in [1.165, 1.54) is 11.8 Å². The van der Waals surface area contributed by atoms with Crippen LogP contribution < -0.4 is 5.32 Å². The van der Waals surface area contributed by atoms with Crippen LogP contribution in [0.1, 0.15) is 25.2 Å². The second-order valence-electron chi connectivity index (χ2n) is 5.71. The Morgan fingerprint density at radius 2 is 2.05 bits per heavy atom. The molecule has 0 spiro atoms. The molecule has 1 aromatic heterocycles. The highest BCUT2D eigenvalue weighted by atomic mass is 32.2. The van der Waals surface area contributed by atoms with Gasteiger partial charge in [-0.15, -0.1) is 10.2 Å². The third-order valence-electron chi connectivity index (χ3n) is 3.27. The minimum Gasteiger partial charge on any atom is -0.325 e. The number of hydrogen-bond acceptors (Lipinski definition) is 4. The highest BCUT2D eigenvalue weighted by Gasteiger charge is 2.12. The fourth-order valence-electron chi connectivity index (χ4n) is 2.04. The number of para-hydroxylation sites is 1. The lowest BCUT2D eigenvalue weighted by Gasteiger charge is -2.08. The molecule has 0 bridgehead atoms. The highest BCUT2D eigenvalue weighted by Crippen LogP contribution is 2.18. The number of anilines is 1. The number of benzene rings is 1. The first-order valence-corrected chi connectivity index (χ1v) is 8.32. The molecule has 2 aromatic rings. The van der Waals surface area contributed by atoms with Crippen molar-refractivity contribution in [3.63, 3.8) is 0 Å². The van der Waals surface area contributed by atoms with Gasteiger partial charge in [0.15, 0.2) is 5.16 Å². The van der Waals surface area contributed by atoms with E-state index in [4.69, 9.17) is 0 Å². The first-order chi connectivity index (χ1) is 10.5. The summed E-state index contributed by atoms with van der Waals surface area (Å²) < 4.78 is 1.96. The standard InChI is InChI=1S/C16H22N4OS/c1-11(2)9-14-18-19-16(20(14)4)22-10-15(21)17-13-8-6-5-7-12(13)3/h5-8,11H,9-10H2,1-4H3,(H,17,21). The molecule has 0 aliphatic heterocycles.